The van der Waals surface area contributed by atoms with Crippen molar-refractivity contribution in [3.63, 3.8) is 0 Å². The lowest BCUT2D eigenvalue weighted by atomic mass is 10.3. The smallest absolute Gasteiger partial charge is 0.267 e. The van der Waals surface area contributed by atoms with Crippen LogP contribution in [0.1, 0.15) is 4.88 Å². The maximum absolute atomic E-state index is 11.5. The Bertz CT molecular complexity index is 568. The number of aromatic nitrogens is 2. The Kier molecular flexibility index (Phi) is 3.01. The van der Waals surface area contributed by atoms with Crippen LogP contribution < -0.4 is 5.56 Å². The van der Waals surface area contributed by atoms with Crippen molar-refractivity contribution in [3.8, 4) is 10.6 Å². The predicted octanol–water partition coefficient (Wildman–Crippen LogP) is 2.47. The highest BCUT2D eigenvalue weighted by Gasteiger charge is 2.04. The molecule has 82 valence electrons. The summed E-state index contributed by atoms with van der Waals surface area (Å²) in [4.78, 5) is 13.8. The third-order valence-electron chi connectivity index (χ3n) is 2.16. The lowest BCUT2D eigenvalue weighted by Gasteiger charge is -2.02. The van der Waals surface area contributed by atoms with E-state index in [1.54, 1.807) is 29.5 Å². The molecule has 0 atom stereocenters. The van der Waals surface area contributed by atoms with Crippen LogP contribution in [-0.2, 0) is 6.54 Å². The molecule has 0 amide bonds. The van der Waals surface area contributed by atoms with E-state index in [9.17, 15) is 4.79 Å². The van der Waals surface area contributed by atoms with Gasteiger partial charge in [-0.3, -0.25) is 4.79 Å². The number of rotatable bonds is 3. The Labute approximate surface area is 97.7 Å². The van der Waals surface area contributed by atoms with Gasteiger partial charge in [0.05, 0.1) is 11.4 Å². The van der Waals surface area contributed by atoms with Gasteiger partial charge in [-0.05, 0) is 25.1 Å². The van der Waals surface area contributed by atoms with Gasteiger partial charge >= 0.3 is 0 Å². The normalized spacial score (nSPS) is 10.3. The van der Waals surface area contributed by atoms with Crippen molar-refractivity contribution in [2.45, 2.75) is 13.5 Å². The number of nitrogens with zero attached hydrogens (tertiary/aromatic N) is 2. The maximum atomic E-state index is 11.5. The van der Waals surface area contributed by atoms with Gasteiger partial charge in [-0.2, -0.15) is 5.10 Å². The third-order valence-corrected chi connectivity index (χ3v) is 3.18. The van der Waals surface area contributed by atoms with E-state index in [2.05, 4.69) is 11.7 Å². The molecule has 0 aliphatic rings. The molecule has 0 saturated carbocycles. The summed E-state index contributed by atoms with van der Waals surface area (Å²) < 4.78 is 1.41. The summed E-state index contributed by atoms with van der Waals surface area (Å²) in [5.74, 6) is 0. The van der Waals surface area contributed by atoms with Crippen LogP contribution in [0, 0.1) is 6.92 Å². The van der Waals surface area contributed by atoms with Crippen molar-refractivity contribution in [1.82, 2.24) is 9.78 Å². The minimum atomic E-state index is -0.100. The highest BCUT2D eigenvalue weighted by Crippen LogP contribution is 2.24. The lowest BCUT2D eigenvalue weighted by molar-refractivity contribution is 0.656. The quantitative estimate of drug-likeness (QED) is 0.762. The molecule has 0 radical (unpaired) electrons. The van der Waals surface area contributed by atoms with Gasteiger partial charge in [0.15, 0.2) is 0 Å². The summed E-state index contributed by atoms with van der Waals surface area (Å²) in [6.07, 6.45) is 1.66. The Morgan fingerprint density at radius 1 is 1.44 bits per heavy atom. The van der Waals surface area contributed by atoms with Crippen molar-refractivity contribution in [1.29, 1.82) is 0 Å². The summed E-state index contributed by atoms with van der Waals surface area (Å²) in [6, 6.07) is 7.36. The van der Waals surface area contributed by atoms with Crippen molar-refractivity contribution in [2.24, 2.45) is 0 Å². The average Bonchev–Trinajstić information content (AvgIpc) is 2.69. The second-order valence-electron chi connectivity index (χ2n) is 3.44. The molecule has 2 aromatic rings. The van der Waals surface area contributed by atoms with Gasteiger partial charge in [-0.25, -0.2) is 4.68 Å². The summed E-state index contributed by atoms with van der Waals surface area (Å²) in [5, 5.41) is 4.29. The molecule has 2 heterocycles. The van der Waals surface area contributed by atoms with Gasteiger partial charge in [0, 0.05) is 10.9 Å². The molecule has 0 aliphatic carbocycles. The van der Waals surface area contributed by atoms with Crippen LogP contribution in [-0.4, -0.2) is 9.78 Å². The molecule has 0 aromatic carbocycles. The summed E-state index contributed by atoms with van der Waals surface area (Å²) in [5.41, 5.74) is 0.733. The third kappa shape index (κ3) is 2.12. The van der Waals surface area contributed by atoms with Crippen molar-refractivity contribution >= 4 is 11.3 Å². The molecule has 0 fully saturated rings. The lowest BCUT2D eigenvalue weighted by Crippen LogP contribution is -2.21. The largest absolute Gasteiger partial charge is 0.268 e. The van der Waals surface area contributed by atoms with E-state index >= 15 is 0 Å². The second-order valence-corrected chi connectivity index (χ2v) is 4.73. The maximum Gasteiger partial charge on any atom is 0.267 e. The molecule has 2 aromatic heterocycles. The molecule has 0 unspecified atom stereocenters. The van der Waals surface area contributed by atoms with Crippen LogP contribution in [0.5, 0.6) is 0 Å². The summed E-state index contributed by atoms with van der Waals surface area (Å²) >= 11 is 1.67. The Balaban J connectivity index is 2.46. The van der Waals surface area contributed by atoms with Gasteiger partial charge in [0.25, 0.3) is 5.56 Å². The zero-order valence-electron chi connectivity index (χ0n) is 9.01. The van der Waals surface area contributed by atoms with Crippen LogP contribution in [0.4, 0.5) is 0 Å². The summed E-state index contributed by atoms with van der Waals surface area (Å²) in [7, 11) is 0. The van der Waals surface area contributed by atoms with Gasteiger partial charge < -0.3 is 0 Å². The first-order valence-electron chi connectivity index (χ1n) is 4.96. The van der Waals surface area contributed by atoms with Gasteiger partial charge in [-0.1, -0.05) is 6.08 Å². The average molecular weight is 232 g/mol. The van der Waals surface area contributed by atoms with Gasteiger partial charge in [0.1, 0.15) is 5.69 Å². The van der Waals surface area contributed by atoms with Crippen LogP contribution in [0.15, 0.2) is 41.7 Å². The molecule has 2 rings (SSSR count). The first kappa shape index (κ1) is 10.8. The highest BCUT2D eigenvalue weighted by atomic mass is 32.1. The zero-order valence-corrected chi connectivity index (χ0v) is 9.83. The monoisotopic (exact) mass is 232 g/mol. The number of allylic oxidation sites excluding steroid dienone is 1. The molecule has 0 aliphatic heterocycles. The molecule has 0 N–H and O–H groups in total. The molecular weight excluding hydrogens is 220 g/mol. The van der Waals surface area contributed by atoms with Crippen molar-refractivity contribution in [2.75, 3.05) is 0 Å². The SMILES string of the molecule is C=CCn1nc(-c2ccc(C)s2)ccc1=O. The topological polar surface area (TPSA) is 34.9 Å². The molecule has 16 heavy (non-hydrogen) atoms. The van der Waals surface area contributed by atoms with E-state index in [0.717, 1.165) is 10.6 Å². The Morgan fingerprint density at radius 3 is 2.88 bits per heavy atom. The number of hydrogen-bond acceptors (Lipinski definition) is 3. The fourth-order valence-electron chi connectivity index (χ4n) is 1.41. The van der Waals surface area contributed by atoms with E-state index in [0.29, 0.717) is 6.54 Å². The van der Waals surface area contributed by atoms with Crippen LogP contribution >= 0.6 is 11.3 Å². The van der Waals surface area contributed by atoms with E-state index in [4.69, 9.17) is 0 Å². The second kappa shape index (κ2) is 4.45. The van der Waals surface area contributed by atoms with E-state index in [1.807, 2.05) is 19.1 Å². The standard InChI is InChI=1S/C12H12N2OS/c1-3-8-14-12(15)7-5-10(13-14)11-6-4-9(2)16-11/h3-7H,1,8H2,2H3. The zero-order chi connectivity index (χ0) is 11.5. The van der Waals surface area contributed by atoms with E-state index in [-0.39, 0.29) is 5.56 Å². The van der Waals surface area contributed by atoms with E-state index in [1.165, 1.54) is 9.56 Å². The number of thiophene rings is 1. The highest BCUT2D eigenvalue weighted by molar-refractivity contribution is 7.15. The van der Waals surface area contributed by atoms with Crippen LogP contribution in [0.25, 0.3) is 10.6 Å². The predicted molar refractivity (Wildman–Crippen MR) is 66.7 cm³/mol. The van der Waals surface area contributed by atoms with Gasteiger partial charge in [0.2, 0.25) is 0 Å². The Hall–Kier alpha value is -1.68. The number of aryl methyl sites for hydroxylation is 1. The molecule has 4 heteroatoms. The molecule has 0 bridgehead atoms. The first-order chi connectivity index (χ1) is 7.70. The molecule has 3 nitrogen and oxygen atoms in total. The van der Waals surface area contributed by atoms with Crippen molar-refractivity contribution in [3.05, 3.63) is 52.2 Å². The van der Waals surface area contributed by atoms with E-state index < -0.39 is 0 Å². The van der Waals surface area contributed by atoms with Crippen molar-refractivity contribution < 1.29 is 0 Å². The van der Waals surface area contributed by atoms with Crippen LogP contribution in [0.3, 0.4) is 0 Å². The number of hydrogen-bond donors (Lipinski definition) is 0. The molecule has 0 saturated heterocycles. The van der Waals surface area contributed by atoms with Crippen LogP contribution in [0.2, 0.25) is 0 Å². The molecule has 0 spiro atoms. The van der Waals surface area contributed by atoms with Gasteiger partial charge in [-0.15, -0.1) is 17.9 Å². The fourth-order valence-corrected chi connectivity index (χ4v) is 2.24. The first-order valence-corrected chi connectivity index (χ1v) is 5.78. The minimum Gasteiger partial charge on any atom is -0.268 e. The Morgan fingerprint density at radius 2 is 2.25 bits per heavy atom. The minimum absolute atomic E-state index is 0.100. The summed E-state index contributed by atoms with van der Waals surface area (Å²) in [6.45, 7) is 6.10. The molecular formula is C12H12N2OS. The fraction of sp³-hybridized carbons (Fsp3) is 0.167.